The predicted molar refractivity (Wildman–Crippen MR) is 147 cm³/mol. The van der Waals surface area contributed by atoms with Crippen LogP contribution in [0.25, 0.3) is 0 Å². The van der Waals surface area contributed by atoms with Gasteiger partial charge in [-0.15, -0.1) is 22.7 Å². The zero-order chi connectivity index (χ0) is 29.7. The van der Waals surface area contributed by atoms with Gasteiger partial charge < -0.3 is 31.6 Å². The molecular formula is C25H25N5O8S2. The van der Waals surface area contributed by atoms with Crippen molar-refractivity contribution in [3.63, 3.8) is 0 Å². The van der Waals surface area contributed by atoms with Crippen LogP contribution in [0, 0.1) is 13.8 Å². The van der Waals surface area contributed by atoms with Crippen molar-refractivity contribution in [2.45, 2.75) is 27.7 Å². The number of pyridine rings is 1. The second-order valence-electron chi connectivity index (χ2n) is 8.03. The molecule has 0 unspecified atom stereocenters. The fraction of sp³-hybridized carbons (Fsp3) is 0.240. The third-order valence-corrected chi connectivity index (χ3v) is 7.86. The van der Waals surface area contributed by atoms with Gasteiger partial charge >= 0.3 is 11.9 Å². The molecule has 210 valence electrons. The summed E-state index contributed by atoms with van der Waals surface area (Å²) >= 11 is 1.66. The van der Waals surface area contributed by atoms with Gasteiger partial charge in [-0.05, 0) is 51.0 Å². The Morgan fingerprint density at radius 3 is 1.60 bits per heavy atom. The number of thiophene rings is 2. The smallest absolute Gasteiger partial charge is 0.341 e. The van der Waals surface area contributed by atoms with E-state index in [4.69, 9.17) is 20.9 Å². The number of primary amides is 2. The highest BCUT2D eigenvalue weighted by atomic mass is 32.1. The molecule has 15 heteroatoms. The average Bonchev–Trinajstić information content (AvgIpc) is 3.40. The molecule has 4 amide bonds. The maximum absolute atomic E-state index is 12.9. The first kappa shape index (κ1) is 29.9. The van der Waals surface area contributed by atoms with Crippen molar-refractivity contribution in [2.24, 2.45) is 11.5 Å². The van der Waals surface area contributed by atoms with Crippen LogP contribution in [-0.4, -0.2) is 53.8 Å². The van der Waals surface area contributed by atoms with Gasteiger partial charge in [0.25, 0.3) is 23.6 Å². The number of carbonyl (C=O) groups is 6. The number of rotatable bonds is 10. The number of hydrogen-bond acceptors (Lipinski definition) is 11. The van der Waals surface area contributed by atoms with Crippen LogP contribution in [0.15, 0.2) is 18.3 Å². The van der Waals surface area contributed by atoms with E-state index in [2.05, 4.69) is 15.6 Å². The minimum Gasteiger partial charge on any atom is -0.462 e. The summed E-state index contributed by atoms with van der Waals surface area (Å²) in [5.74, 6) is -4.39. The molecule has 0 aliphatic carbocycles. The van der Waals surface area contributed by atoms with E-state index in [0.717, 1.165) is 28.9 Å². The van der Waals surface area contributed by atoms with Crippen molar-refractivity contribution < 1.29 is 38.2 Å². The van der Waals surface area contributed by atoms with Gasteiger partial charge in [0, 0.05) is 6.20 Å². The van der Waals surface area contributed by atoms with Gasteiger partial charge in [0.2, 0.25) is 0 Å². The Morgan fingerprint density at radius 1 is 0.775 bits per heavy atom. The zero-order valence-electron chi connectivity index (χ0n) is 21.8. The maximum Gasteiger partial charge on any atom is 0.341 e. The maximum atomic E-state index is 12.9. The number of esters is 2. The van der Waals surface area contributed by atoms with Gasteiger partial charge in [-0.25, -0.2) is 9.59 Å². The Bertz CT molecular complexity index is 1410. The van der Waals surface area contributed by atoms with Gasteiger partial charge in [-0.2, -0.15) is 0 Å². The van der Waals surface area contributed by atoms with Gasteiger partial charge in [0.1, 0.15) is 15.7 Å². The van der Waals surface area contributed by atoms with Gasteiger partial charge in [0.15, 0.2) is 0 Å². The molecule has 0 aliphatic rings. The van der Waals surface area contributed by atoms with Crippen molar-refractivity contribution >= 4 is 68.2 Å². The highest BCUT2D eigenvalue weighted by Gasteiger charge is 2.28. The Balaban J connectivity index is 1.83. The second-order valence-corrected chi connectivity index (χ2v) is 10.1. The van der Waals surface area contributed by atoms with Crippen LogP contribution in [0.1, 0.15) is 85.9 Å². The molecule has 0 saturated carbocycles. The SMILES string of the molecule is CCOC(=O)c1c(NC(=O)c2ccc(C(=O)Nc3sc(C(N)=O)c(C)c3C(=O)OCC)nc2)sc(C(N)=O)c1C. The molecule has 0 aliphatic heterocycles. The lowest BCUT2D eigenvalue weighted by atomic mass is 10.1. The van der Waals surface area contributed by atoms with Crippen LogP contribution in [0.3, 0.4) is 0 Å². The highest BCUT2D eigenvalue weighted by Crippen LogP contribution is 2.35. The molecule has 13 nitrogen and oxygen atoms in total. The molecule has 0 radical (unpaired) electrons. The van der Waals surface area contributed by atoms with Crippen molar-refractivity contribution in [3.8, 4) is 0 Å². The number of hydrogen-bond donors (Lipinski definition) is 4. The van der Waals surface area contributed by atoms with Crippen LogP contribution in [-0.2, 0) is 9.47 Å². The van der Waals surface area contributed by atoms with Crippen molar-refractivity contribution in [1.29, 1.82) is 0 Å². The van der Waals surface area contributed by atoms with Crippen molar-refractivity contribution in [2.75, 3.05) is 23.8 Å². The van der Waals surface area contributed by atoms with Crippen molar-refractivity contribution in [3.05, 3.63) is 61.6 Å². The number of aromatic nitrogens is 1. The van der Waals surface area contributed by atoms with Crippen LogP contribution in [0.4, 0.5) is 10.0 Å². The number of ether oxygens (including phenoxy) is 2. The quantitative estimate of drug-likeness (QED) is 0.257. The molecule has 6 N–H and O–H groups in total. The van der Waals surface area contributed by atoms with Gasteiger partial charge in [0.05, 0.1) is 39.7 Å². The molecule has 3 aromatic heterocycles. The Kier molecular flexibility index (Phi) is 9.34. The zero-order valence-corrected chi connectivity index (χ0v) is 23.5. The van der Waals surface area contributed by atoms with E-state index >= 15 is 0 Å². The predicted octanol–water partition coefficient (Wildman–Crippen LogP) is 2.88. The summed E-state index contributed by atoms with van der Waals surface area (Å²) in [7, 11) is 0. The molecule has 3 aromatic rings. The molecule has 0 aromatic carbocycles. The second kappa shape index (κ2) is 12.5. The van der Waals surface area contributed by atoms with E-state index < -0.39 is 35.6 Å². The summed E-state index contributed by atoms with van der Waals surface area (Å²) in [6.07, 6.45) is 1.13. The van der Waals surface area contributed by atoms with E-state index in [-0.39, 0.29) is 66.5 Å². The van der Waals surface area contributed by atoms with E-state index in [1.807, 2.05) is 0 Å². The monoisotopic (exact) mass is 587 g/mol. The first-order valence-electron chi connectivity index (χ1n) is 11.7. The minimum absolute atomic E-state index is 0.00368. The Hall–Kier alpha value is -4.63. The Morgan fingerprint density at radius 2 is 1.23 bits per heavy atom. The fourth-order valence-electron chi connectivity index (χ4n) is 3.58. The number of amides is 4. The van der Waals surface area contributed by atoms with E-state index in [9.17, 15) is 28.8 Å². The van der Waals surface area contributed by atoms with Crippen LogP contribution < -0.4 is 22.1 Å². The third kappa shape index (κ3) is 6.16. The Labute approximate surface area is 235 Å². The molecule has 40 heavy (non-hydrogen) atoms. The number of nitrogens with zero attached hydrogens (tertiary/aromatic N) is 1. The molecule has 3 rings (SSSR count). The number of carbonyl (C=O) groups excluding carboxylic acids is 6. The summed E-state index contributed by atoms with van der Waals surface area (Å²) in [6.45, 7) is 6.42. The molecule has 0 bridgehead atoms. The largest absolute Gasteiger partial charge is 0.462 e. The number of nitrogens with one attached hydrogen (secondary N) is 2. The molecule has 0 spiro atoms. The molecule has 0 atom stereocenters. The fourth-order valence-corrected chi connectivity index (χ4v) is 5.66. The standard InChI is InChI=1S/C25H25N5O8S2/c1-5-37-24(35)14-10(3)16(18(26)31)39-22(14)29-20(33)12-7-8-13(28-9-12)21(34)30-23-15(25(36)38-6-2)11(4)17(40-23)19(27)32/h7-9H,5-6H2,1-4H3,(H2,26,31)(H2,27,32)(H,29,33)(H,30,34). The summed E-state index contributed by atoms with van der Waals surface area (Å²) in [5.41, 5.74) is 11.3. The highest BCUT2D eigenvalue weighted by molar-refractivity contribution is 7.19. The van der Waals surface area contributed by atoms with E-state index in [1.54, 1.807) is 13.8 Å². The topological polar surface area (TPSA) is 210 Å². The molecular weight excluding hydrogens is 562 g/mol. The lowest BCUT2D eigenvalue weighted by molar-refractivity contribution is 0.0517. The van der Waals surface area contributed by atoms with Crippen molar-refractivity contribution in [1.82, 2.24) is 4.98 Å². The molecule has 0 saturated heterocycles. The van der Waals surface area contributed by atoms with E-state index in [1.165, 1.54) is 26.0 Å². The molecule has 0 fully saturated rings. The summed E-state index contributed by atoms with van der Waals surface area (Å²) < 4.78 is 10.1. The first-order valence-corrected chi connectivity index (χ1v) is 13.3. The lowest BCUT2D eigenvalue weighted by Crippen LogP contribution is -2.18. The van der Waals surface area contributed by atoms with Crippen LogP contribution in [0.2, 0.25) is 0 Å². The average molecular weight is 588 g/mol. The number of anilines is 2. The molecule has 3 heterocycles. The normalized spacial score (nSPS) is 10.5. The lowest BCUT2D eigenvalue weighted by Gasteiger charge is -2.08. The first-order chi connectivity index (χ1) is 18.9. The van der Waals surface area contributed by atoms with Crippen LogP contribution in [0.5, 0.6) is 0 Å². The third-order valence-electron chi connectivity index (χ3n) is 5.41. The number of nitrogens with two attached hydrogens (primary N) is 2. The summed E-state index contributed by atoms with van der Waals surface area (Å²) in [4.78, 5) is 78.4. The minimum atomic E-state index is -0.767. The summed E-state index contributed by atoms with van der Waals surface area (Å²) in [5, 5.41) is 5.23. The van der Waals surface area contributed by atoms with Gasteiger partial charge in [-0.3, -0.25) is 24.2 Å². The van der Waals surface area contributed by atoms with E-state index in [0.29, 0.717) is 0 Å². The van der Waals surface area contributed by atoms with Crippen LogP contribution >= 0.6 is 22.7 Å². The summed E-state index contributed by atoms with van der Waals surface area (Å²) in [6, 6.07) is 2.59. The van der Waals surface area contributed by atoms with Gasteiger partial charge in [-0.1, -0.05) is 0 Å².